The van der Waals surface area contributed by atoms with Gasteiger partial charge in [-0.2, -0.15) is 0 Å². The number of methoxy groups -OCH3 is 1. The molecule has 0 radical (unpaired) electrons. The molecule has 1 N–H and O–H groups in total. The second kappa shape index (κ2) is 5.46. The SMILES string of the molecule is COc1cc([N+](=O)[O-])ccc1NC(=O)C12CC3CC(CC(C3)C1)C2. The molecule has 4 bridgehead atoms. The first kappa shape index (κ1) is 15.4. The lowest BCUT2D eigenvalue weighted by atomic mass is 9.49. The number of carbonyl (C=O) groups is 1. The quantitative estimate of drug-likeness (QED) is 0.673. The Labute approximate surface area is 140 Å². The van der Waals surface area contributed by atoms with E-state index < -0.39 is 4.92 Å². The lowest BCUT2D eigenvalue weighted by Crippen LogP contribution is -2.51. The van der Waals surface area contributed by atoms with Gasteiger partial charge < -0.3 is 10.1 Å². The minimum atomic E-state index is -0.465. The maximum absolute atomic E-state index is 13.1. The van der Waals surface area contributed by atoms with Crippen molar-refractivity contribution in [3.8, 4) is 5.75 Å². The molecule has 6 nitrogen and oxygen atoms in total. The van der Waals surface area contributed by atoms with Gasteiger partial charge in [-0.3, -0.25) is 14.9 Å². The minimum Gasteiger partial charge on any atom is -0.494 e. The average molecular weight is 330 g/mol. The van der Waals surface area contributed by atoms with Gasteiger partial charge in [0.25, 0.3) is 5.69 Å². The highest BCUT2D eigenvalue weighted by Crippen LogP contribution is 2.60. The van der Waals surface area contributed by atoms with Gasteiger partial charge in [0, 0.05) is 6.07 Å². The van der Waals surface area contributed by atoms with Gasteiger partial charge in [0.2, 0.25) is 5.91 Å². The topological polar surface area (TPSA) is 81.5 Å². The molecule has 1 amide bonds. The van der Waals surface area contributed by atoms with Crippen LogP contribution in [0.2, 0.25) is 0 Å². The number of hydrogen-bond donors (Lipinski definition) is 1. The molecule has 0 atom stereocenters. The first-order chi connectivity index (χ1) is 11.5. The Morgan fingerprint density at radius 2 is 1.79 bits per heavy atom. The van der Waals surface area contributed by atoms with Crippen molar-refractivity contribution in [2.75, 3.05) is 12.4 Å². The molecular formula is C18H22N2O4. The predicted octanol–water partition coefficient (Wildman–Crippen LogP) is 3.76. The molecule has 6 heteroatoms. The zero-order chi connectivity index (χ0) is 16.9. The number of rotatable bonds is 4. The van der Waals surface area contributed by atoms with E-state index in [1.165, 1.54) is 38.5 Å². The molecule has 0 aliphatic heterocycles. The summed E-state index contributed by atoms with van der Waals surface area (Å²) in [6.45, 7) is 0. The number of ether oxygens (including phenoxy) is 1. The first-order valence-corrected chi connectivity index (χ1v) is 8.63. The predicted molar refractivity (Wildman–Crippen MR) is 88.9 cm³/mol. The van der Waals surface area contributed by atoms with Crippen LogP contribution in [0.3, 0.4) is 0 Å². The Morgan fingerprint density at radius 3 is 2.29 bits per heavy atom. The van der Waals surface area contributed by atoms with Crippen LogP contribution in [-0.2, 0) is 4.79 Å². The number of benzene rings is 1. The highest BCUT2D eigenvalue weighted by molar-refractivity contribution is 5.97. The minimum absolute atomic E-state index is 0.0420. The number of nitro benzene ring substituents is 1. The number of nitrogens with one attached hydrogen (secondary N) is 1. The third-order valence-corrected chi connectivity index (χ3v) is 6.16. The summed E-state index contributed by atoms with van der Waals surface area (Å²) in [6.07, 6.45) is 6.81. The molecule has 0 aromatic heterocycles. The van der Waals surface area contributed by atoms with Crippen LogP contribution in [0.1, 0.15) is 38.5 Å². The molecule has 24 heavy (non-hydrogen) atoms. The Balaban J connectivity index is 1.57. The van der Waals surface area contributed by atoms with E-state index in [2.05, 4.69) is 5.32 Å². The molecule has 0 heterocycles. The maximum atomic E-state index is 13.1. The van der Waals surface area contributed by atoms with Crippen LogP contribution in [0.5, 0.6) is 5.75 Å². The summed E-state index contributed by atoms with van der Waals surface area (Å²) in [5.41, 5.74) is 0.227. The summed E-state index contributed by atoms with van der Waals surface area (Å²) in [4.78, 5) is 23.5. The summed E-state index contributed by atoms with van der Waals surface area (Å²) < 4.78 is 5.24. The van der Waals surface area contributed by atoms with E-state index >= 15 is 0 Å². The van der Waals surface area contributed by atoms with Crippen LogP contribution in [0.25, 0.3) is 0 Å². The van der Waals surface area contributed by atoms with E-state index in [0.29, 0.717) is 29.2 Å². The number of hydrogen-bond acceptors (Lipinski definition) is 4. The number of amides is 1. The van der Waals surface area contributed by atoms with Crippen molar-refractivity contribution in [2.45, 2.75) is 38.5 Å². The van der Waals surface area contributed by atoms with E-state index in [-0.39, 0.29) is 17.0 Å². The normalized spacial score (nSPS) is 33.3. The molecule has 0 unspecified atom stereocenters. The molecule has 4 fully saturated rings. The van der Waals surface area contributed by atoms with E-state index in [9.17, 15) is 14.9 Å². The number of nitrogens with zero attached hydrogens (tertiary/aromatic N) is 1. The van der Waals surface area contributed by atoms with Crippen molar-refractivity contribution in [1.82, 2.24) is 0 Å². The van der Waals surface area contributed by atoms with E-state index in [1.54, 1.807) is 6.07 Å². The summed E-state index contributed by atoms with van der Waals surface area (Å²) in [7, 11) is 1.46. The van der Waals surface area contributed by atoms with Crippen LogP contribution in [0, 0.1) is 33.3 Å². The zero-order valence-electron chi connectivity index (χ0n) is 13.8. The molecule has 5 rings (SSSR count). The lowest BCUT2D eigenvalue weighted by molar-refractivity contribution is -0.384. The number of carbonyl (C=O) groups excluding carboxylic acids is 1. The molecule has 4 aliphatic rings. The van der Waals surface area contributed by atoms with Crippen molar-refractivity contribution in [3.05, 3.63) is 28.3 Å². The molecular weight excluding hydrogens is 308 g/mol. The third kappa shape index (κ3) is 2.44. The van der Waals surface area contributed by atoms with Gasteiger partial charge in [-0.25, -0.2) is 0 Å². The van der Waals surface area contributed by atoms with Gasteiger partial charge in [-0.05, 0) is 62.3 Å². The summed E-state index contributed by atoms with van der Waals surface area (Å²) >= 11 is 0. The molecule has 4 saturated carbocycles. The van der Waals surface area contributed by atoms with E-state index in [1.807, 2.05) is 0 Å². The zero-order valence-corrected chi connectivity index (χ0v) is 13.8. The van der Waals surface area contributed by atoms with Crippen LogP contribution < -0.4 is 10.1 Å². The van der Waals surface area contributed by atoms with Crippen molar-refractivity contribution in [3.63, 3.8) is 0 Å². The Kier molecular flexibility index (Phi) is 3.51. The molecule has 0 spiro atoms. The lowest BCUT2D eigenvalue weighted by Gasteiger charge is -2.55. The summed E-state index contributed by atoms with van der Waals surface area (Å²) in [5.74, 6) is 2.48. The fraction of sp³-hybridized carbons (Fsp3) is 0.611. The standard InChI is InChI=1S/C18H22N2O4/c1-24-16-7-14(20(22)23)2-3-15(16)19-17(21)18-8-11-4-12(9-18)6-13(5-11)10-18/h2-3,7,11-13H,4-6,8-10H2,1H3,(H,19,21). The van der Waals surface area contributed by atoms with Crippen molar-refractivity contribution in [2.24, 2.45) is 23.2 Å². The second-order valence-electron chi connectivity index (χ2n) is 7.79. The summed E-state index contributed by atoms with van der Waals surface area (Å²) in [5, 5.41) is 13.9. The second-order valence-corrected chi connectivity index (χ2v) is 7.79. The monoisotopic (exact) mass is 330 g/mol. The third-order valence-electron chi connectivity index (χ3n) is 6.16. The van der Waals surface area contributed by atoms with Gasteiger partial charge in [0.1, 0.15) is 5.75 Å². The molecule has 1 aromatic carbocycles. The maximum Gasteiger partial charge on any atom is 0.273 e. The van der Waals surface area contributed by atoms with E-state index in [0.717, 1.165) is 19.3 Å². The highest BCUT2D eigenvalue weighted by Gasteiger charge is 2.54. The smallest absolute Gasteiger partial charge is 0.273 e. The largest absolute Gasteiger partial charge is 0.494 e. The molecule has 4 aliphatic carbocycles. The number of non-ortho nitro benzene ring substituents is 1. The van der Waals surface area contributed by atoms with Crippen LogP contribution in [0.15, 0.2) is 18.2 Å². The van der Waals surface area contributed by atoms with Crippen LogP contribution in [0.4, 0.5) is 11.4 Å². The van der Waals surface area contributed by atoms with Gasteiger partial charge >= 0.3 is 0 Å². The van der Waals surface area contributed by atoms with Gasteiger partial charge in [0.05, 0.1) is 29.2 Å². The van der Waals surface area contributed by atoms with Crippen LogP contribution in [-0.4, -0.2) is 17.9 Å². The fourth-order valence-corrected chi connectivity index (χ4v) is 5.54. The van der Waals surface area contributed by atoms with Crippen LogP contribution >= 0.6 is 0 Å². The van der Waals surface area contributed by atoms with Crippen molar-refractivity contribution in [1.29, 1.82) is 0 Å². The molecule has 0 saturated heterocycles. The van der Waals surface area contributed by atoms with Crippen molar-refractivity contribution >= 4 is 17.3 Å². The van der Waals surface area contributed by atoms with Gasteiger partial charge in [-0.1, -0.05) is 0 Å². The Morgan fingerprint density at radius 1 is 1.21 bits per heavy atom. The molecule has 1 aromatic rings. The first-order valence-electron chi connectivity index (χ1n) is 8.63. The Hall–Kier alpha value is -2.11. The van der Waals surface area contributed by atoms with E-state index in [4.69, 9.17) is 4.74 Å². The number of nitro groups is 1. The highest BCUT2D eigenvalue weighted by atomic mass is 16.6. The number of anilines is 1. The summed E-state index contributed by atoms with van der Waals surface area (Å²) in [6, 6.07) is 4.32. The van der Waals surface area contributed by atoms with Crippen molar-refractivity contribution < 1.29 is 14.5 Å². The Bertz CT molecular complexity index is 665. The fourth-order valence-electron chi connectivity index (χ4n) is 5.54. The average Bonchev–Trinajstić information content (AvgIpc) is 2.53. The van der Waals surface area contributed by atoms with Gasteiger partial charge in [-0.15, -0.1) is 0 Å². The van der Waals surface area contributed by atoms with Gasteiger partial charge in [0.15, 0.2) is 0 Å². The molecule has 128 valence electrons.